The summed E-state index contributed by atoms with van der Waals surface area (Å²) < 4.78 is 10.4. The van der Waals surface area contributed by atoms with Crippen LogP contribution in [-0.4, -0.2) is 30.6 Å². The van der Waals surface area contributed by atoms with Gasteiger partial charge >= 0.3 is 5.97 Å². The quantitative estimate of drug-likeness (QED) is 0.796. The Morgan fingerprint density at radius 1 is 1.33 bits per heavy atom. The van der Waals surface area contributed by atoms with Gasteiger partial charge in [0.15, 0.2) is 12.7 Å². The molecule has 0 bridgehead atoms. The van der Waals surface area contributed by atoms with Crippen molar-refractivity contribution >= 4 is 23.5 Å². The molecule has 0 aromatic heterocycles. The molecule has 0 spiro atoms. The van der Waals surface area contributed by atoms with Crippen LogP contribution in [0.3, 0.4) is 0 Å². The Hall–Kier alpha value is -1.75. The minimum absolute atomic E-state index is 0.162. The van der Waals surface area contributed by atoms with Gasteiger partial charge in [0.2, 0.25) is 0 Å². The zero-order valence-electron chi connectivity index (χ0n) is 14.1. The molecule has 1 fully saturated rings. The third-order valence-electron chi connectivity index (χ3n) is 4.27. The number of hydrogen-bond acceptors (Lipinski definition) is 4. The van der Waals surface area contributed by atoms with Crippen molar-refractivity contribution in [2.75, 3.05) is 6.61 Å². The molecule has 0 aliphatic heterocycles. The standard InChI is InChI=1S/C18H24ClNO4/c1-12-6-3-4-9-16(12)20-18(22)13(2)24-17(21)11-23-15-8-5-7-14(19)10-15/h5,7-8,10,12-13,16H,3-4,6,9,11H2,1-2H3,(H,20,22)/t12-,13-,16-/m1/s1. The monoisotopic (exact) mass is 353 g/mol. The third kappa shape index (κ3) is 5.71. The normalized spacial score (nSPS) is 21.6. The fourth-order valence-corrected chi connectivity index (χ4v) is 2.99. The molecule has 5 nitrogen and oxygen atoms in total. The fourth-order valence-electron chi connectivity index (χ4n) is 2.81. The van der Waals surface area contributed by atoms with E-state index in [0.717, 1.165) is 19.3 Å². The summed E-state index contributed by atoms with van der Waals surface area (Å²) in [6.07, 6.45) is 3.59. The van der Waals surface area contributed by atoms with Crippen molar-refractivity contribution in [2.24, 2.45) is 5.92 Å². The minimum Gasteiger partial charge on any atom is -0.482 e. The maximum atomic E-state index is 12.2. The van der Waals surface area contributed by atoms with Gasteiger partial charge in [-0.2, -0.15) is 0 Å². The van der Waals surface area contributed by atoms with Gasteiger partial charge in [0.25, 0.3) is 5.91 Å². The van der Waals surface area contributed by atoms with Crippen LogP contribution in [0.2, 0.25) is 5.02 Å². The molecule has 0 unspecified atom stereocenters. The fraction of sp³-hybridized carbons (Fsp3) is 0.556. The van der Waals surface area contributed by atoms with E-state index in [2.05, 4.69) is 12.2 Å². The van der Waals surface area contributed by atoms with E-state index in [1.807, 2.05) is 0 Å². The highest BCUT2D eigenvalue weighted by molar-refractivity contribution is 6.30. The molecule has 24 heavy (non-hydrogen) atoms. The average Bonchev–Trinajstić information content (AvgIpc) is 2.55. The van der Waals surface area contributed by atoms with E-state index in [1.165, 1.54) is 6.42 Å². The Balaban J connectivity index is 1.75. The third-order valence-corrected chi connectivity index (χ3v) is 4.50. The SMILES string of the molecule is C[C@@H]1CCCC[C@H]1NC(=O)[C@@H](C)OC(=O)COc1cccc(Cl)c1. The number of amides is 1. The first-order chi connectivity index (χ1) is 11.5. The molecule has 6 heteroatoms. The van der Waals surface area contributed by atoms with Crippen LogP contribution >= 0.6 is 11.6 Å². The maximum absolute atomic E-state index is 12.2. The summed E-state index contributed by atoms with van der Waals surface area (Å²) in [5.41, 5.74) is 0. The summed E-state index contributed by atoms with van der Waals surface area (Å²) in [5.74, 6) is 0.0866. The second-order valence-corrected chi connectivity index (χ2v) is 6.69. The first kappa shape index (κ1) is 18.6. The molecular weight excluding hydrogens is 330 g/mol. The molecule has 2 rings (SSSR count). The molecule has 1 amide bonds. The zero-order chi connectivity index (χ0) is 17.5. The van der Waals surface area contributed by atoms with Gasteiger partial charge in [-0.05, 0) is 43.9 Å². The van der Waals surface area contributed by atoms with Gasteiger partial charge in [-0.15, -0.1) is 0 Å². The largest absolute Gasteiger partial charge is 0.482 e. The van der Waals surface area contributed by atoms with Gasteiger partial charge in [-0.3, -0.25) is 4.79 Å². The molecule has 0 saturated heterocycles. The molecular formula is C18H24ClNO4. The van der Waals surface area contributed by atoms with Gasteiger partial charge in [-0.1, -0.05) is 37.4 Å². The molecule has 1 aromatic carbocycles. The molecule has 1 aliphatic carbocycles. The number of ether oxygens (including phenoxy) is 2. The minimum atomic E-state index is -0.838. The van der Waals surface area contributed by atoms with Gasteiger partial charge < -0.3 is 14.8 Å². The lowest BCUT2D eigenvalue weighted by atomic mass is 9.86. The van der Waals surface area contributed by atoms with Crippen molar-refractivity contribution in [3.8, 4) is 5.75 Å². The van der Waals surface area contributed by atoms with Gasteiger partial charge in [0, 0.05) is 11.1 Å². The maximum Gasteiger partial charge on any atom is 0.344 e. The van der Waals surface area contributed by atoms with Crippen molar-refractivity contribution in [3.05, 3.63) is 29.3 Å². The summed E-state index contributed by atoms with van der Waals surface area (Å²) in [6.45, 7) is 3.44. The second-order valence-electron chi connectivity index (χ2n) is 6.25. The van der Waals surface area contributed by atoms with Crippen LogP contribution in [0.5, 0.6) is 5.75 Å². The van der Waals surface area contributed by atoms with E-state index in [9.17, 15) is 9.59 Å². The molecule has 1 saturated carbocycles. The predicted octanol–water partition coefficient (Wildman–Crippen LogP) is 3.35. The summed E-state index contributed by atoms with van der Waals surface area (Å²) in [4.78, 5) is 24.0. The number of rotatable bonds is 6. The van der Waals surface area contributed by atoms with Crippen molar-refractivity contribution in [2.45, 2.75) is 51.7 Å². The number of halogens is 1. The zero-order valence-corrected chi connectivity index (χ0v) is 14.8. The van der Waals surface area contributed by atoms with Crippen LogP contribution < -0.4 is 10.1 Å². The highest BCUT2D eigenvalue weighted by Crippen LogP contribution is 2.23. The summed E-state index contributed by atoms with van der Waals surface area (Å²) in [7, 11) is 0. The van der Waals surface area contributed by atoms with E-state index in [1.54, 1.807) is 31.2 Å². The Bertz CT molecular complexity index is 578. The highest BCUT2D eigenvalue weighted by Gasteiger charge is 2.26. The molecule has 132 valence electrons. The number of carbonyl (C=O) groups excluding carboxylic acids is 2. The summed E-state index contributed by atoms with van der Waals surface area (Å²) in [5, 5.41) is 3.50. The Labute approximate surface area is 147 Å². The van der Waals surface area contributed by atoms with Crippen molar-refractivity contribution in [1.82, 2.24) is 5.32 Å². The van der Waals surface area contributed by atoms with Crippen LogP contribution in [0, 0.1) is 5.92 Å². The highest BCUT2D eigenvalue weighted by atomic mass is 35.5. The van der Waals surface area contributed by atoms with Crippen molar-refractivity contribution in [3.63, 3.8) is 0 Å². The molecule has 0 radical (unpaired) electrons. The second kappa shape index (κ2) is 8.92. The number of hydrogen-bond donors (Lipinski definition) is 1. The molecule has 0 heterocycles. The molecule has 1 aliphatic rings. The molecule has 1 aromatic rings. The number of esters is 1. The number of carbonyl (C=O) groups is 2. The van der Waals surface area contributed by atoms with E-state index in [0.29, 0.717) is 16.7 Å². The van der Waals surface area contributed by atoms with Crippen LogP contribution in [0.15, 0.2) is 24.3 Å². The van der Waals surface area contributed by atoms with E-state index in [-0.39, 0.29) is 18.6 Å². The lowest BCUT2D eigenvalue weighted by Gasteiger charge is -2.30. The van der Waals surface area contributed by atoms with E-state index in [4.69, 9.17) is 21.1 Å². The lowest BCUT2D eigenvalue weighted by molar-refractivity contribution is -0.157. The number of benzene rings is 1. The van der Waals surface area contributed by atoms with Crippen molar-refractivity contribution in [1.29, 1.82) is 0 Å². The van der Waals surface area contributed by atoms with Gasteiger partial charge in [-0.25, -0.2) is 4.79 Å². The van der Waals surface area contributed by atoms with Gasteiger partial charge in [0.05, 0.1) is 0 Å². The van der Waals surface area contributed by atoms with Gasteiger partial charge in [0.1, 0.15) is 5.75 Å². The topological polar surface area (TPSA) is 64.6 Å². The first-order valence-electron chi connectivity index (χ1n) is 8.34. The molecule has 3 atom stereocenters. The summed E-state index contributed by atoms with van der Waals surface area (Å²) >= 11 is 5.84. The first-order valence-corrected chi connectivity index (χ1v) is 8.71. The smallest absolute Gasteiger partial charge is 0.344 e. The van der Waals surface area contributed by atoms with E-state index >= 15 is 0 Å². The Morgan fingerprint density at radius 2 is 2.08 bits per heavy atom. The van der Waals surface area contributed by atoms with Crippen LogP contribution in [0.1, 0.15) is 39.5 Å². The predicted molar refractivity (Wildman–Crippen MR) is 92.1 cm³/mol. The van der Waals surface area contributed by atoms with Crippen LogP contribution in [-0.2, 0) is 14.3 Å². The molecule has 1 N–H and O–H groups in total. The number of nitrogens with one attached hydrogen (secondary N) is 1. The Kier molecular flexibility index (Phi) is 6.91. The Morgan fingerprint density at radius 3 is 2.79 bits per heavy atom. The summed E-state index contributed by atoms with van der Waals surface area (Å²) in [6, 6.07) is 6.90. The van der Waals surface area contributed by atoms with Crippen molar-refractivity contribution < 1.29 is 19.1 Å². The van der Waals surface area contributed by atoms with Crippen LogP contribution in [0.25, 0.3) is 0 Å². The van der Waals surface area contributed by atoms with Crippen LogP contribution in [0.4, 0.5) is 0 Å². The lowest BCUT2D eigenvalue weighted by Crippen LogP contribution is -2.46. The van der Waals surface area contributed by atoms with E-state index < -0.39 is 12.1 Å². The average molecular weight is 354 g/mol.